The fourth-order valence-corrected chi connectivity index (χ4v) is 4.04. The van der Waals surface area contributed by atoms with Crippen LogP contribution in [0, 0.1) is 11.0 Å². The van der Waals surface area contributed by atoms with Crippen LogP contribution in [0.15, 0.2) is 35.6 Å². The van der Waals surface area contributed by atoms with Crippen LogP contribution in [0.1, 0.15) is 38.2 Å². The topological polar surface area (TPSA) is 54.9 Å². The number of amides is 1. The van der Waals surface area contributed by atoms with E-state index in [9.17, 15) is 9.18 Å². The largest absolute Gasteiger partial charge is 0.298 e. The Morgan fingerprint density at radius 2 is 2.16 bits per heavy atom. The number of carbonyl (C=O) groups excluding carboxylic acids is 1. The van der Waals surface area contributed by atoms with Crippen LogP contribution >= 0.6 is 23.1 Å². The number of hydrogen-bond donors (Lipinski definition) is 1. The number of nitrogens with one attached hydrogen (secondary N) is 1. The number of anilines is 1. The Bertz CT molecular complexity index is 752. The third-order valence-electron chi connectivity index (χ3n) is 4.08. The maximum atomic E-state index is 13.1. The van der Waals surface area contributed by atoms with Crippen LogP contribution in [0.25, 0.3) is 5.57 Å². The second-order valence-corrected chi connectivity index (χ2v) is 8.13. The predicted molar refractivity (Wildman–Crippen MR) is 101 cm³/mol. The van der Waals surface area contributed by atoms with Gasteiger partial charge in [0.1, 0.15) is 0 Å². The Morgan fingerprint density at radius 1 is 1.36 bits per heavy atom. The molecular weight excluding hydrogens is 357 g/mol. The second kappa shape index (κ2) is 8.58. The van der Waals surface area contributed by atoms with Gasteiger partial charge in [0.2, 0.25) is 0 Å². The van der Waals surface area contributed by atoms with Gasteiger partial charge in [-0.2, -0.15) is 4.39 Å². The lowest BCUT2D eigenvalue weighted by Gasteiger charge is -2.11. The quantitative estimate of drug-likeness (QED) is 0.568. The number of thioether (sulfide) groups is 1. The summed E-state index contributed by atoms with van der Waals surface area (Å²) < 4.78 is 13.1. The highest BCUT2D eigenvalue weighted by Gasteiger charge is 2.19. The SMILES string of the molecule is CCSc1ccc(C(=CC2CCCC2)C(=O)Nc2ncc(F)s2)cn1. The number of carbonyl (C=O) groups is 1. The van der Waals surface area contributed by atoms with Crippen molar-refractivity contribution in [2.75, 3.05) is 11.1 Å². The normalized spacial score (nSPS) is 15.5. The number of thiazole rings is 1. The van der Waals surface area contributed by atoms with Crippen LogP contribution in [0.3, 0.4) is 0 Å². The van der Waals surface area contributed by atoms with Gasteiger partial charge in [0.25, 0.3) is 5.91 Å². The molecule has 1 N–H and O–H groups in total. The van der Waals surface area contributed by atoms with E-state index in [2.05, 4.69) is 22.2 Å². The molecule has 0 spiro atoms. The molecule has 1 amide bonds. The highest BCUT2D eigenvalue weighted by atomic mass is 32.2. The third-order valence-corrected chi connectivity index (χ3v) is 5.61. The molecule has 4 nitrogen and oxygen atoms in total. The van der Waals surface area contributed by atoms with Crippen molar-refractivity contribution in [3.63, 3.8) is 0 Å². The van der Waals surface area contributed by atoms with E-state index in [1.54, 1.807) is 18.0 Å². The van der Waals surface area contributed by atoms with Crippen LogP contribution in [0.2, 0.25) is 0 Å². The van der Waals surface area contributed by atoms with Crippen molar-refractivity contribution >= 4 is 39.7 Å². The Labute approximate surface area is 155 Å². The molecule has 25 heavy (non-hydrogen) atoms. The first-order valence-corrected chi connectivity index (χ1v) is 10.2. The molecule has 132 valence electrons. The lowest BCUT2D eigenvalue weighted by Crippen LogP contribution is -2.14. The Morgan fingerprint density at radius 3 is 2.76 bits per heavy atom. The highest BCUT2D eigenvalue weighted by molar-refractivity contribution is 7.99. The number of aromatic nitrogens is 2. The fourth-order valence-electron chi connectivity index (χ4n) is 2.91. The van der Waals surface area contributed by atoms with Crippen LogP contribution in [-0.2, 0) is 4.79 Å². The number of pyridine rings is 1. The second-order valence-electron chi connectivity index (χ2n) is 5.87. The molecule has 0 aromatic carbocycles. The molecule has 0 saturated heterocycles. The van der Waals surface area contributed by atoms with Gasteiger partial charge in [0.15, 0.2) is 10.3 Å². The molecule has 2 aromatic rings. The molecule has 1 saturated carbocycles. The molecule has 1 fully saturated rings. The zero-order chi connectivity index (χ0) is 17.6. The molecule has 3 rings (SSSR count). The molecule has 7 heteroatoms. The summed E-state index contributed by atoms with van der Waals surface area (Å²) in [6.07, 6.45) is 9.46. The molecule has 0 radical (unpaired) electrons. The van der Waals surface area contributed by atoms with Gasteiger partial charge in [-0.05, 0) is 36.6 Å². The monoisotopic (exact) mass is 377 g/mol. The lowest BCUT2D eigenvalue weighted by atomic mass is 9.99. The van der Waals surface area contributed by atoms with Gasteiger partial charge in [-0.15, -0.1) is 11.8 Å². The standard InChI is InChI=1S/C18H20FN3OS2/c1-2-24-16-8-7-13(10-20-16)14(9-12-5-3-4-6-12)17(23)22-18-21-11-15(19)25-18/h7-12H,2-6H2,1H3,(H,21,22,23). The average Bonchev–Trinajstić information content (AvgIpc) is 3.25. The molecule has 0 atom stereocenters. The summed E-state index contributed by atoms with van der Waals surface area (Å²) in [6.45, 7) is 2.08. The van der Waals surface area contributed by atoms with E-state index in [-0.39, 0.29) is 11.0 Å². The molecule has 1 aliphatic carbocycles. The van der Waals surface area contributed by atoms with E-state index in [0.717, 1.165) is 46.7 Å². The molecule has 2 heterocycles. The van der Waals surface area contributed by atoms with E-state index in [0.29, 0.717) is 11.5 Å². The van der Waals surface area contributed by atoms with Crippen molar-refractivity contribution in [1.82, 2.24) is 9.97 Å². The summed E-state index contributed by atoms with van der Waals surface area (Å²) in [5.74, 6) is 1.09. The molecular formula is C18H20FN3OS2. The predicted octanol–water partition coefficient (Wildman–Crippen LogP) is 5.00. The minimum Gasteiger partial charge on any atom is -0.298 e. The third kappa shape index (κ3) is 4.89. The first-order valence-electron chi connectivity index (χ1n) is 8.39. The van der Waals surface area contributed by atoms with E-state index in [1.165, 1.54) is 12.8 Å². The average molecular weight is 378 g/mol. The number of halogens is 1. The fraction of sp³-hybridized carbons (Fsp3) is 0.389. The van der Waals surface area contributed by atoms with Crippen molar-refractivity contribution in [2.24, 2.45) is 5.92 Å². The minimum absolute atomic E-state index is 0.265. The van der Waals surface area contributed by atoms with Gasteiger partial charge in [0, 0.05) is 17.3 Å². The van der Waals surface area contributed by atoms with Gasteiger partial charge >= 0.3 is 0 Å². The first-order chi connectivity index (χ1) is 12.2. The van der Waals surface area contributed by atoms with E-state index in [1.807, 2.05) is 18.2 Å². The Kier molecular flexibility index (Phi) is 6.20. The van der Waals surface area contributed by atoms with Gasteiger partial charge in [0.05, 0.1) is 11.2 Å². The van der Waals surface area contributed by atoms with Gasteiger partial charge in [-0.25, -0.2) is 9.97 Å². The smallest absolute Gasteiger partial charge is 0.257 e. The summed E-state index contributed by atoms with van der Waals surface area (Å²) >= 11 is 2.49. The number of nitrogens with zero attached hydrogens (tertiary/aromatic N) is 2. The van der Waals surface area contributed by atoms with Crippen molar-refractivity contribution in [1.29, 1.82) is 0 Å². The maximum absolute atomic E-state index is 13.1. The van der Waals surface area contributed by atoms with Gasteiger partial charge in [-0.3, -0.25) is 10.1 Å². The zero-order valence-corrected chi connectivity index (χ0v) is 15.6. The van der Waals surface area contributed by atoms with Gasteiger partial charge in [-0.1, -0.05) is 37.2 Å². The number of hydrogen-bond acceptors (Lipinski definition) is 5. The van der Waals surface area contributed by atoms with E-state index >= 15 is 0 Å². The first kappa shape index (κ1) is 18.1. The number of rotatable bonds is 6. The van der Waals surface area contributed by atoms with E-state index < -0.39 is 5.13 Å². The maximum Gasteiger partial charge on any atom is 0.257 e. The summed E-state index contributed by atoms with van der Waals surface area (Å²) in [5, 5.41) is 3.49. The molecule has 0 unspecified atom stereocenters. The summed E-state index contributed by atoms with van der Waals surface area (Å²) in [6, 6.07) is 3.86. The summed E-state index contributed by atoms with van der Waals surface area (Å²) in [5.41, 5.74) is 1.37. The van der Waals surface area contributed by atoms with Crippen molar-refractivity contribution in [2.45, 2.75) is 37.6 Å². The minimum atomic E-state index is -0.417. The van der Waals surface area contributed by atoms with Crippen LogP contribution < -0.4 is 5.32 Å². The zero-order valence-electron chi connectivity index (χ0n) is 14.0. The van der Waals surface area contributed by atoms with Crippen LogP contribution in [-0.4, -0.2) is 21.6 Å². The van der Waals surface area contributed by atoms with Gasteiger partial charge < -0.3 is 0 Å². The van der Waals surface area contributed by atoms with Crippen molar-refractivity contribution < 1.29 is 9.18 Å². The number of allylic oxidation sites excluding steroid dienone is 1. The summed E-state index contributed by atoms with van der Waals surface area (Å²) in [7, 11) is 0. The van der Waals surface area contributed by atoms with Crippen molar-refractivity contribution in [3.05, 3.63) is 41.3 Å². The molecule has 0 bridgehead atoms. The highest BCUT2D eigenvalue weighted by Crippen LogP contribution is 2.30. The van der Waals surface area contributed by atoms with Crippen LogP contribution in [0.5, 0.6) is 0 Å². The Hall–Kier alpha value is -1.73. The molecule has 2 aromatic heterocycles. The Balaban J connectivity index is 1.84. The molecule has 0 aliphatic heterocycles. The van der Waals surface area contributed by atoms with Crippen molar-refractivity contribution in [3.8, 4) is 0 Å². The van der Waals surface area contributed by atoms with Crippen LogP contribution in [0.4, 0.5) is 9.52 Å². The van der Waals surface area contributed by atoms with E-state index in [4.69, 9.17) is 0 Å². The molecule has 1 aliphatic rings. The lowest BCUT2D eigenvalue weighted by molar-refractivity contribution is -0.111. The summed E-state index contributed by atoms with van der Waals surface area (Å²) in [4.78, 5) is 21.0.